The topological polar surface area (TPSA) is 158 Å². The zero-order chi connectivity index (χ0) is 38.9. The van der Waals surface area contributed by atoms with Crippen LogP contribution in [0.5, 0.6) is 0 Å². The summed E-state index contributed by atoms with van der Waals surface area (Å²) in [5.74, 6) is 0.781. The van der Waals surface area contributed by atoms with Crippen LogP contribution in [0.2, 0.25) is 0 Å². The highest BCUT2D eigenvalue weighted by Gasteiger charge is 2.46. The standard InChI is InChI=1S/C38H53N7O8/c1-10-44-32(27(23-39-44)18-15-21-42(8)34(47)51-25-26-16-12-11-13-17-26)41-30-19-14-20-31(40-30)45(36(49)53-38(5,6)7)28-22-29(33(46)50-9)43(24-28)35(48)52-37(2,3)4/h11-14,16-17,19-20,23,28-29H,10,15,18,21-22,24-25H2,1-9H3,(H,40,41)/t28-,29-/m0/s1. The number of aromatic nitrogens is 3. The summed E-state index contributed by atoms with van der Waals surface area (Å²) < 4.78 is 23.7. The molecule has 0 radical (unpaired) electrons. The molecule has 1 N–H and O–H groups in total. The first-order chi connectivity index (χ1) is 25.0. The second-order valence-corrected chi connectivity index (χ2v) is 14.8. The van der Waals surface area contributed by atoms with Crippen LogP contribution in [-0.2, 0) is 43.3 Å². The first kappa shape index (κ1) is 40.4. The second kappa shape index (κ2) is 17.5. The Morgan fingerprint density at radius 2 is 1.64 bits per heavy atom. The Morgan fingerprint density at radius 1 is 0.943 bits per heavy atom. The van der Waals surface area contributed by atoms with Crippen LogP contribution in [0.4, 0.5) is 31.8 Å². The molecule has 1 fully saturated rings. The summed E-state index contributed by atoms with van der Waals surface area (Å²) in [4.78, 5) is 61.6. The van der Waals surface area contributed by atoms with Crippen LogP contribution >= 0.6 is 0 Å². The molecule has 288 valence electrons. The van der Waals surface area contributed by atoms with Gasteiger partial charge in [0.1, 0.15) is 41.3 Å². The Balaban J connectivity index is 1.53. The Kier molecular flexibility index (Phi) is 13.3. The molecule has 0 bridgehead atoms. The van der Waals surface area contributed by atoms with Crippen molar-refractivity contribution in [3.63, 3.8) is 0 Å². The molecule has 1 aliphatic heterocycles. The lowest BCUT2D eigenvalue weighted by atomic mass is 10.1. The van der Waals surface area contributed by atoms with Gasteiger partial charge in [-0.05, 0) is 79.0 Å². The lowest BCUT2D eigenvalue weighted by Crippen LogP contribution is -2.46. The lowest BCUT2D eigenvalue weighted by Gasteiger charge is -2.31. The third kappa shape index (κ3) is 11.3. The molecule has 4 rings (SSSR count). The van der Waals surface area contributed by atoms with Gasteiger partial charge in [0, 0.05) is 38.7 Å². The summed E-state index contributed by atoms with van der Waals surface area (Å²) >= 11 is 0. The number of hydrogen-bond donors (Lipinski definition) is 1. The van der Waals surface area contributed by atoms with Gasteiger partial charge in [-0.3, -0.25) is 9.80 Å². The number of carbonyl (C=O) groups is 4. The average Bonchev–Trinajstić information content (AvgIpc) is 3.70. The zero-order valence-corrected chi connectivity index (χ0v) is 32.2. The van der Waals surface area contributed by atoms with Gasteiger partial charge in [0.25, 0.3) is 0 Å². The minimum Gasteiger partial charge on any atom is -0.467 e. The number of pyridine rings is 1. The summed E-state index contributed by atoms with van der Waals surface area (Å²) in [6.45, 7) is 13.7. The van der Waals surface area contributed by atoms with E-state index in [9.17, 15) is 19.2 Å². The number of anilines is 3. The van der Waals surface area contributed by atoms with E-state index in [0.29, 0.717) is 31.7 Å². The molecule has 2 aromatic heterocycles. The summed E-state index contributed by atoms with van der Waals surface area (Å²) in [6, 6.07) is 13.0. The maximum atomic E-state index is 13.9. The van der Waals surface area contributed by atoms with Crippen molar-refractivity contribution in [1.29, 1.82) is 0 Å². The maximum Gasteiger partial charge on any atom is 0.416 e. The molecule has 0 saturated carbocycles. The number of methoxy groups -OCH3 is 1. The van der Waals surface area contributed by atoms with E-state index in [4.69, 9.17) is 23.9 Å². The Labute approximate surface area is 311 Å². The molecular weight excluding hydrogens is 682 g/mol. The van der Waals surface area contributed by atoms with E-state index in [2.05, 4.69) is 10.4 Å². The van der Waals surface area contributed by atoms with Crippen LogP contribution in [0.25, 0.3) is 0 Å². The minimum absolute atomic E-state index is 0.0196. The van der Waals surface area contributed by atoms with Gasteiger partial charge in [-0.1, -0.05) is 36.4 Å². The van der Waals surface area contributed by atoms with Crippen molar-refractivity contribution in [1.82, 2.24) is 24.6 Å². The molecule has 0 unspecified atom stereocenters. The SMILES string of the molecule is CCn1ncc(CCCN(C)C(=O)OCc2ccccc2)c1Nc1cccc(N(C(=O)OC(C)(C)C)[C@H]2C[C@@H](C(=O)OC)N(C(=O)OC(C)(C)C)C2)n1. The van der Waals surface area contributed by atoms with E-state index in [1.54, 1.807) is 77.9 Å². The molecule has 1 aromatic carbocycles. The molecule has 0 spiro atoms. The lowest BCUT2D eigenvalue weighted by molar-refractivity contribution is -0.145. The van der Waals surface area contributed by atoms with Crippen LogP contribution in [0.1, 0.15) is 72.4 Å². The monoisotopic (exact) mass is 735 g/mol. The predicted molar refractivity (Wildman–Crippen MR) is 199 cm³/mol. The van der Waals surface area contributed by atoms with Gasteiger partial charge < -0.3 is 29.2 Å². The molecule has 3 heterocycles. The second-order valence-electron chi connectivity index (χ2n) is 14.8. The van der Waals surface area contributed by atoms with E-state index < -0.39 is 47.5 Å². The van der Waals surface area contributed by atoms with Crippen molar-refractivity contribution in [2.75, 3.05) is 37.5 Å². The van der Waals surface area contributed by atoms with Gasteiger partial charge in [0.15, 0.2) is 0 Å². The van der Waals surface area contributed by atoms with Crippen molar-refractivity contribution in [2.45, 2.75) is 104 Å². The first-order valence-corrected chi connectivity index (χ1v) is 17.8. The van der Waals surface area contributed by atoms with Crippen molar-refractivity contribution in [2.24, 2.45) is 0 Å². The number of aryl methyl sites for hydroxylation is 2. The Morgan fingerprint density at radius 3 is 2.28 bits per heavy atom. The normalized spacial score (nSPS) is 15.8. The number of benzene rings is 1. The zero-order valence-electron chi connectivity index (χ0n) is 32.2. The van der Waals surface area contributed by atoms with Crippen LogP contribution in [0.3, 0.4) is 0 Å². The van der Waals surface area contributed by atoms with Gasteiger partial charge >= 0.3 is 24.2 Å². The molecule has 0 aliphatic carbocycles. The highest BCUT2D eigenvalue weighted by Crippen LogP contribution is 2.31. The molecular formula is C38H53N7O8. The van der Waals surface area contributed by atoms with E-state index in [0.717, 1.165) is 16.9 Å². The summed E-state index contributed by atoms with van der Waals surface area (Å²) in [5, 5.41) is 7.92. The van der Waals surface area contributed by atoms with Gasteiger partial charge in [-0.2, -0.15) is 5.10 Å². The molecule has 15 heteroatoms. The molecule has 2 atom stereocenters. The number of likely N-dealkylation sites (tertiary alicyclic amines) is 1. The van der Waals surface area contributed by atoms with Crippen LogP contribution in [0, 0.1) is 0 Å². The largest absolute Gasteiger partial charge is 0.467 e. The number of hydrogen-bond acceptors (Lipinski definition) is 11. The number of esters is 1. The number of amides is 3. The Bertz CT molecular complexity index is 1720. The fourth-order valence-electron chi connectivity index (χ4n) is 5.79. The number of nitrogens with one attached hydrogen (secondary N) is 1. The number of carbonyl (C=O) groups excluding carboxylic acids is 4. The molecule has 1 saturated heterocycles. The fraction of sp³-hybridized carbons (Fsp3) is 0.526. The highest BCUT2D eigenvalue weighted by atomic mass is 16.6. The molecule has 1 aliphatic rings. The smallest absolute Gasteiger partial charge is 0.416 e. The van der Waals surface area contributed by atoms with Crippen molar-refractivity contribution in [3.8, 4) is 0 Å². The van der Waals surface area contributed by atoms with Crippen LogP contribution in [-0.4, -0.2) is 99.3 Å². The van der Waals surface area contributed by atoms with E-state index in [1.807, 2.05) is 41.9 Å². The highest BCUT2D eigenvalue weighted by molar-refractivity contribution is 5.89. The van der Waals surface area contributed by atoms with Gasteiger partial charge in [-0.15, -0.1) is 0 Å². The van der Waals surface area contributed by atoms with Crippen molar-refractivity contribution < 1.29 is 38.1 Å². The fourth-order valence-corrected chi connectivity index (χ4v) is 5.79. The quantitative estimate of drug-likeness (QED) is 0.159. The summed E-state index contributed by atoms with van der Waals surface area (Å²) in [5.41, 5.74) is 0.182. The van der Waals surface area contributed by atoms with Gasteiger partial charge in [-0.25, -0.2) is 28.8 Å². The van der Waals surface area contributed by atoms with Gasteiger partial charge in [0.05, 0.1) is 19.3 Å². The summed E-state index contributed by atoms with van der Waals surface area (Å²) in [6.07, 6.45) is 1.34. The third-order valence-electron chi connectivity index (χ3n) is 8.23. The minimum atomic E-state index is -0.989. The van der Waals surface area contributed by atoms with Crippen molar-refractivity contribution >= 4 is 41.7 Å². The molecule has 3 amide bonds. The Hall–Kier alpha value is -5.34. The van der Waals surface area contributed by atoms with Crippen molar-refractivity contribution in [3.05, 3.63) is 65.9 Å². The summed E-state index contributed by atoms with van der Waals surface area (Å²) in [7, 11) is 2.96. The third-order valence-corrected chi connectivity index (χ3v) is 8.23. The molecule has 3 aromatic rings. The van der Waals surface area contributed by atoms with E-state index in [1.165, 1.54) is 16.9 Å². The number of rotatable bonds is 12. The van der Waals surface area contributed by atoms with E-state index in [-0.39, 0.29) is 25.4 Å². The van der Waals surface area contributed by atoms with Crippen LogP contribution in [0.15, 0.2) is 54.7 Å². The van der Waals surface area contributed by atoms with E-state index >= 15 is 0 Å². The molecule has 53 heavy (non-hydrogen) atoms. The predicted octanol–water partition coefficient (Wildman–Crippen LogP) is 6.54. The number of ether oxygens (including phenoxy) is 4. The van der Waals surface area contributed by atoms with Gasteiger partial charge in [0.2, 0.25) is 0 Å². The molecule has 15 nitrogen and oxygen atoms in total. The average molecular weight is 736 g/mol. The first-order valence-electron chi connectivity index (χ1n) is 17.8. The van der Waals surface area contributed by atoms with Crippen LogP contribution < -0.4 is 10.2 Å². The number of nitrogens with zero attached hydrogens (tertiary/aromatic N) is 6. The maximum absolute atomic E-state index is 13.9.